The molecule has 11 heteroatoms. The molecule has 1 amide bonds. The third-order valence-electron chi connectivity index (χ3n) is 4.92. The van der Waals surface area contributed by atoms with Crippen molar-refractivity contribution in [2.24, 2.45) is 16.5 Å². The highest BCUT2D eigenvalue weighted by Gasteiger charge is 2.26. The van der Waals surface area contributed by atoms with Gasteiger partial charge in [0, 0.05) is 38.2 Å². The normalized spacial score (nSPS) is 20.1. The minimum atomic E-state index is -3.60. The molecule has 1 aromatic rings. The van der Waals surface area contributed by atoms with Crippen molar-refractivity contribution in [2.45, 2.75) is 23.8 Å². The van der Waals surface area contributed by atoms with Crippen molar-refractivity contribution in [2.75, 3.05) is 44.8 Å². The van der Waals surface area contributed by atoms with Crippen LogP contribution in [0.15, 0.2) is 45.9 Å². The average molecular weight is 438 g/mol. The maximum absolute atomic E-state index is 12.7. The number of hydrogen-bond acceptors (Lipinski definition) is 7. The molecule has 0 bridgehead atoms. The standard InChI is InChI=1S/C19H27N5O5S/c20-13-17(18(21)22-15-5-9-28-10-6-15)19(25)23-14-1-3-16(4-2-14)30(26,27)24-7-11-29-12-8-24/h1-4,13,15H,5-12,20H2,(H2,21,22)(H,23,25)/b17-13+. The van der Waals surface area contributed by atoms with Gasteiger partial charge in [0.05, 0.1) is 29.7 Å². The summed E-state index contributed by atoms with van der Waals surface area (Å²) in [6.45, 7) is 2.59. The van der Waals surface area contributed by atoms with Gasteiger partial charge >= 0.3 is 0 Å². The van der Waals surface area contributed by atoms with Crippen LogP contribution < -0.4 is 16.8 Å². The van der Waals surface area contributed by atoms with E-state index in [2.05, 4.69) is 10.3 Å². The Bertz CT molecular complexity index is 902. The predicted octanol–water partition coefficient (Wildman–Crippen LogP) is 0.0248. The molecule has 2 aliphatic rings. The Morgan fingerprint density at radius 3 is 2.30 bits per heavy atom. The lowest BCUT2D eigenvalue weighted by Gasteiger charge is -2.26. The molecule has 5 N–H and O–H groups in total. The monoisotopic (exact) mass is 437 g/mol. The van der Waals surface area contributed by atoms with E-state index in [9.17, 15) is 13.2 Å². The fraction of sp³-hybridized carbons (Fsp3) is 0.474. The van der Waals surface area contributed by atoms with Crippen LogP contribution in [0.25, 0.3) is 0 Å². The van der Waals surface area contributed by atoms with Gasteiger partial charge in [-0.25, -0.2) is 8.42 Å². The molecule has 10 nitrogen and oxygen atoms in total. The second-order valence-corrected chi connectivity index (χ2v) is 8.87. The number of amides is 1. The minimum Gasteiger partial charge on any atom is -0.404 e. The Morgan fingerprint density at radius 2 is 1.70 bits per heavy atom. The first-order valence-electron chi connectivity index (χ1n) is 9.74. The van der Waals surface area contributed by atoms with Crippen LogP contribution in [0, 0.1) is 0 Å². The molecule has 0 aromatic heterocycles. The van der Waals surface area contributed by atoms with E-state index < -0.39 is 15.9 Å². The summed E-state index contributed by atoms with van der Waals surface area (Å²) in [5.74, 6) is -0.456. The SMILES string of the molecule is N/C=C(/C(=O)Nc1ccc(S(=O)(=O)N2CCOCC2)cc1)C(N)=NC1CCOCC1. The lowest BCUT2D eigenvalue weighted by atomic mass is 10.1. The van der Waals surface area contributed by atoms with Crippen LogP contribution in [-0.2, 0) is 24.3 Å². The van der Waals surface area contributed by atoms with Gasteiger partial charge in [0.25, 0.3) is 5.91 Å². The molecular weight excluding hydrogens is 410 g/mol. The first-order chi connectivity index (χ1) is 14.4. The summed E-state index contributed by atoms with van der Waals surface area (Å²) in [5, 5.41) is 2.67. The molecule has 0 saturated carbocycles. The van der Waals surface area contributed by atoms with Gasteiger partial charge in [-0.15, -0.1) is 0 Å². The lowest BCUT2D eigenvalue weighted by molar-refractivity contribution is -0.112. The molecule has 0 aliphatic carbocycles. The second kappa shape index (κ2) is 10.0. The molecule has 0 spiro atoms. The number of amidine groups is 1. The van der Waals surface area contributed by atoms with Crippen molar-refractivity contribution in [1.82, 2.24) is 4.31 Å². The van der Waals surface area contributed by atoms with Gasteiger partial charge < -0.3 is 26.3 Å². The average Bonchev–Trinajstić information content (AvgIpc) is 2.76. The summed E-state index contributed by atoms with van der Waals surface area (Å²) >= 11 is 0. The highest BCUT2D eigenvalue weighted by molar-refractivity contribution is 7.89. The number of hydrogen-bond donors (Lipinski definition) is 3. The third kappa shape index (κ3) is 5.36. The third-order valence-corrected chi connectivity index (χ3v) is 6.83. The largest absolute Gasteiger partial charge is 0.404 e. The first kappa shape index (κ1) is 22.2. The van der Waals surface area contributed by atoms with Gasteiger partial charge in [0.2, 0.25) is 10.0 Å². The quantitative estimate of drug-likeness (QED) is 0.323. The van der Waals surface area contributed by atoms with Crippen LogP contribution in [0.1, 0.15) is 12.8 Å². The smallest absolute Gasteiger partial charge is 0.260 e. The van der Waals surface area contributed by atoms with E-state index in [-0.39, 0.29) is 22.3 Å². The van der Waals surface area contributed by atoms with Gasteiger partial charge in [-0.3, -0.25) is 9.79 Å². The molecule has 3 rings (SSSR count). The van der Waals surface area contributed by atoms with Crippen LogP contribution in [0.5, 0.6) is 0 Å². The van der Waals surface area contributed by atoms with Crippen molar-refractivity contribution in [3.05, 3.63) is 36.0 Å². The zero-order valence-corrected chi connectivity index (χ0v) is 17.4. The van der Waals surface area contributed by atoms with Crippen molar-refractivity contribution in [1.29, 1.82) is 0 Å². The van der Waals surface area contributed by atoms with Gasteiger partial charge in [0.15, 0.2) is 0 Å². The number of rotatable bonds is 6. The fourth-order valence-corrected chi connectivity index (χ4v) is 4.61. The molecule has 0 unspecified atom stereocenters. The molecule has 164 valence electrons. The number of anilines is 1. The van der Waals surface area contributed by atoms with Gasteiger partial charge in [-0.1, -0.05) is 0 Å². The summed E-state index contributed by atoms with van der Waals surface area (Å²) in [7, 11) is -3.60. The van der Waals surface area contributed by atoms with E-state index in [0.717, 1.165) is 19.0 Å². The van der Waals surface area contributed by atoms with E-state index in [1.165, 1.54) is 28.6 Å². The summed E-state index contributed by atoms with van der Waals surface area (Å²) in [5.41, 5.74) is 12.1. The molecule has 0 atom stereocenters. The Balaban J connectivity index is 1.66. The molecule has 2 aliphatic heterocycles. The number of morpholine rings is 1. The number of sulfonamides is 1. The predicted molar refractivity (Wildman–Crippen MR) is 112 cm³/mol. The Hall–Kier alpha value is -2.47. The number of carbonyl (C=O) groups is 1. The molecule has 0 radical (unpaired) electrons. The molecule has 30 heavy (non-hydrogen) atoms. The highest BCUT2D eigenvalue weighted by Crippen LogP contribution is 2.20. The molecule has 2 fully saturated rings. The lowest BCUT2D eigenvalue weighted by Crippen LogP contribution is -2.40. The molecular formula is C19H27N5O5S. The Morgan fingerprint density at radius 1 is 1.10 bits per heavy atom. The van der Waals surface area contributed by atoms with E-state index in [0.29, 0.717) is 45.2 Å². The maximum Gasteiger partial charge on any atom is 0.260 e. The van der Waals surface area contributed by atoms with Gasteiger partial charge in [-0.05, 0) is 37.1 Å². The fourth-order valence-electron chi connectivity index (χ4n) is 3.20. The van der Waals surface area contributed by atoms with E-state index in [4.69, 9.17) is 20.9 Å². The van der Waals surface area contributed by atoms with E-state index in [1.54, 1.807) is 0 Å². The van der Waals surface area contributed by atoms with Crippen LogP contribution in [0.2, 0.25) is 0 Å². The number of benzene rings is 1. The van der Waals surface area contributed by atoms with Crippen LogP contribution in [0.4, 0.5) is 5.69 Å². The minimum absolute atomic E-state index is 0.00817. The topological polar surface area (TPSA) is 149 Å². The van der Waals surface area contributed by atoms with E-state index in [1.807, 2.05) is 0 Å². The second-order valence-electron chi connectivity index (χ2n) is 6.93. The van der Waals surface area contributed by atoms with Crippen molar-refractivity contribution < 1.29 is 22.7 Å². The van der Waals surface area contributed by atoms with Crippen LogP contribution in [0.3, 0.4) is 0 Å². The van der Waals surface area contributed by atoms with Gasteiger partial charge in [0.1, 0.15) is 5.84 Å². The Kier molecular flexibility index (Phi) is 7.43. The summed E-state index contributed by atoms with van der Waals surface area (Å²) in [4.78, 5) is 17.1. The molecule has 1 aromatic carbocycles. The zero-order chi connectivity index (χ0) is 21.6. The number of nitrogens with two attached hydrogens (primary N) is 2. The summed E-state index contributed by atoms with van der Waals surface area (Å²) < 4.78 is 37.2. The zero-order valence-electron chi connectivity index (χ0n) is 16.6. The number of nitrogens with zero attached hydrogens (tertiary/aromatic N) is 2. The Labute approximate surface area is 176 Å². The first-order valence-corrected chi connectivity index (χ1v) is 11.2. The maximum atomic E-state index is 12.7. The van der Waals surface area contributed by atoms with Crippen molar-refractivity contribution in [3.63, 3.8) is 0 Å². The molecule has 2 heterocycles. The van der Waals surface area contributed by atoms with E-state index >= 15 is 0 Å². The number of ether oxygens (including phenoxy) is 2. The number of carbonyl (C=O) groups excluding carboxylic acids is 1. The molecule has 2 saturated heterocycles. The summed E-state index contributed by atoms with van der Waals surface area (Å²) in [6, 6.07) is 5.93. The van der Waals surface area contributed by atoms with Crippen molar-refractivity contribution in [3.8, 4) is 0 Å². The van der Waals surface area contributed by atoms with Crippen LogP contribution in [-0.4, -0.2) is 70.0 Å². The van der Waals surface area contributed by atoms with Crippen LogP contribution >= 0.6 is 0 Å². The number of aliphatic imine (C=N–C) groups is 1. The van der Waals surface area contributed by atoms with Crippen molar-refractivity contribution >= 4 is 27.5 Å². The summed E-state index contributed by atoms with van der Waals surface area (Å²) in [6.07, 6.45) is 2.59. The van der Waals surface area contributed by atoms with Gasteiger partial charge in [-0.2, -0.15) is 4.31 Å². The highest BCUT2D eigenvalue weighted by atomic mass is 32.2. The number of nitrogens with one attached hydrogen (secondary N) is 1.